The number of anilines is 4. The lowest BCUT2D eigenvalue weighted by atomic mass is 10.1. The molecule has 1 aliphatic rings. The fourth-order valence-electron chi connectivity index (χ4n) is 4.23. The number of nitro benzene ring substituents is 1. The topological polar surface area (TPSA) is 126 Å². The van der Waals surface area contributed by atoms with Gasteiger partial charge in [0.2, 0.25) is 5.95 Å². The van der Waals surface area contributed by atoms with E-state index in [2.05, 4.69) is 37.4 Å². The second kappa shape index (κ2) is 11.7. The number of piperazine rings is 1. The molecule has 2 heterocycles. The summed E-state index contributed by atoms with van der Waals surface area (Å²) in [6.07, 6.45) is 1.42. The third kappa shape index (κ3) is 6.60. The first-order valence-corrected chi connectivity index (χ1v) is 15.0. The number of aromatic nitrogens is 2. The summed E-state index contributed by atoms with van der Waals surface area (Å²) in [6, 6.07) is 10.4. The molecule has 1 aromatic heterocycles. The summed E-state index contributed by atoms with van der Waals surface area (Å²) in [4.78, 5) is 24.7. The minimum atomic E-state index is -2.57. The fraction of sp³-hybridized carbons (Fsp3) is 0.360. The van der Waals surface area contributed by atoms with Gasteiger partial charge in [-0.1, -0.05) is 23.7 Å². The van der Waals surface area contributed by atoms with E-state index in [1.165, 1.54) is 19.4 Å². The van der Waals surface area contributed by atoms with Gasteiger partial charge in [-0.25, -0.2) is 4.98 Å². The van der Waals surface area contributed by atoms with E-state index in [1.54, 1.807) is 31.5 Å². The van der Waals surface area contributed by atoms with Crippen LogP contribution in [0.1, 0.15) is 5.56 Å². The van der Waals surface area contributed by atoms with Crippen molar-refractivity contribution in [2.45, 2.75) is 6.54 Å². The summed E-state index contributed by atoms with van der Waals surface area (Å²) < 4.78 is 18.3. The van der Waals surface area contributed by atoms with Gasteiger partial charge in [-0.2, -0.15) is 4.98 Å². The summed E-state index contributed by atoms with van der Waals surface area (Å²) in [5.41, 5.74) is 1.52. The highest BCUT2D eigenvalue weighted by Gasteiger charge is 2.23. The van der Waals surface area contributed by atoms with Crippen molar-refractivity contribution in [3.8, 4) is 5.75 Å². The van der Waals surface area contributed by atoms with E-state index >= 15 is 0 Å². The van der Waals surface area contributed by atoms with Crippen LogP contribution in [-0.2, 0) is 11.1 Å². The number of methoxy groups -OCH3 is 1. The van der Waals surface area contributed by atoms with Crippen molar-refractivity contribution in [3.05, 3.63) is 63.3 Å². The van der Waals surface area contributed by atoms with Gasteiger partial charge in [0.1, 0.15) is 17.9 Å². The van der Waals surface area contributed by atoms with Crippen LogP contribution in [0.4, 0.5) is 28.8 Å². The highest BCUT2D eigenvalue weighted by atomic mass is 35.5. The number of nitrogens with zero attached hydrogens (tertiary/aromatic N) is 5. The number of benzene rings is 2. The molecule has 2 N–H and O–H groups in total. The smallest absolute Gasteiger partial charge is 0.276 e. The molecule has 4 rings (SSSR count). The summed E-state index contributed by atoms with van der Waals surface area (Å²) in [6.45, 7) is 7.31. The predicted octanol–water partition coefficient (Wildman–Crippen LogP) is 4.53. The maximum atomic E-state index is 12.8. The molecule has 0 bridgehead atoms. The van der Waals surface area contributed by atoms with E-state index in [0.29, 0.717) is 40.4 Å². The largest absolute Gasteiger partial charge is 0.495 e. The Morgan fingerprint density at radius 2 is 1.84 bits per heavy atom. The van der Waals surface area contributed by atoms with Gasteiger partial charge >= 0.3 is 0 Å². The van der Waals surface area contributed by atoms with Crippen molar-refractivity contribution < 1.29 is 14.2 Å². The summed E-state index contributed by atoms with van der Waals surface area (Å²) in [7, 11) is 0.997. The number of hydrogen-bond donors (Lipinski definition) is 2. The van der Waals surface area contributed by atoms with E-state index in [1.807, 2.05) is 12.1 Å². The second-order valence-corrected chi connectivity index (χ2v) is 13.1. The van der Waals surface area contributed by atoms with Gasteiger partial charge in [-0.15, -0.1) is 0 Å². The Kier molecular flexibility index (Phi) is 8.52. The fourth-order valence-corrected chi connectivity index (χ4v) is 5.53. The van der Waals surface area contributed by atoms with Crippen molar-refractivity contribution in [1.82, 2.24) is 19.8 Å². The maximum Gasteiger partial charge on any atom is 0.276 e. The van der Waals surface area contributed by atoms with E-state index in [9.17, 15) is 14.7 Å². The first kappa shape index (κ1) is 27.8. The maximum absolute atomic E-state index is 12.8. The zero-order valence-electron chi connectivity index (χ0n) is 21.8. The molecular formula is C25H31ClN7O4P. The minimum Gasteiger partial charge on any atom is -0.495 e. The van der Waals surface area contributed by atoms with Crippen molar-refractivity contribution in [2.75, 3.05) is 64.3 Å². The van der Waals surface area contributed by atoms with Gasteiger partial charge in [0.25, 0.3) is 5.69 Å². The Morgan fingerprint density at radius 3 is 2.50 bits per heavy atom. The molecule has 1 fully saturated rings. The van der Waals surface area contributed by atoms with Gasteiger partial charge in [-0.3, -0.25) is 15.0 Å². The van der Waals surface area contributed by atoms with Gasteiger partial charge in [0.05, 0.1) is 29.6 Å². The van der Waals surface area contributed by atoms with Gasteiger partial charge < -0.3 is 24.8 Å². The Bertz CT molecular complexity index is 1380. The van der Waals surface area contributed by atoms with Crippen molar-refractivity contribution in [3.63, 3.8) is 0 Å². The molecule has 11 nitrogen and oxygen atoms in total. The number of halogens is 1. The van der Waals surface area contributed by atoms with Crippen LogP contribution in [0.15, 0.2) is 42.6 Å². The molecular weight excluding hydrogens is 529 g/mol. The first-order chi connectivity index (χ1) is 18.0. The monoisotopic (exact) mass is 559 g/mol. The predicted molar refractivity (Wildman–Crippen MR) is 152 cm³/mol. The standard InChI is InChI=1S/C25H31ClN7O4P/c1-31-9-11-32(12-10-31)16-17-13-22(37-2)20(14-21(17)33(34)35)29-25-27-15-18(26)24(30-25)28-19-7-5-6-8-23(19)38(3,4)36/h5-8,13-15H,9-12,16H2,1-4H3,(H2,27,28,29,30). The average Bonchev–Trinajstić information content (AvgIpc) is 2.87. The highest BCUT2D eigenvalue weighted by Crippen LogP contribution is 2.39. The molecule has 0 aliphatic carbocycles. The number of para-hydroxylation sites is 1. The van der Waals surface area contributed by atoms with Crippen LogP contribution in [0, 0.1) is 10.1 Å². The highest BCUT2D eigenvalue weighted by molar-refractivity contribution is 7.70. The molecule has 38 heavy (non-hydrogen) atoms. The Hall–Kier alpha value is -3.24. The lowest BCUT2D eigenvalue weighted by Gasteiger charge is -2.32. The molecule has 0 radical (unpaired) electrons. The quantitative estimate of drug-likeness (QED) is 0.219. The molecule has 202 valence electrons. The summed E-state index contributed by atoms with van der Waals surface area (Å²) in [5, 5.41) is 19.1. The molecule has 0 unspecified atom stereocenters. The molecule has 0 amide bonds. The van der Waals surface area contributed by atoms with Crippen molar-refractivity contribution in [2.24, 2.45) is 0 Å². The van der Waals surface area contributed by atoms with Crippen LogP contribution < -0.4 is 20.7 Å². The van der Waals surface area contributed by atoms with Crippen LogP contribution in [-0.4, -0.2) is 78.4 Å². The van der Waals surface area contributed by atoms with Crippen LogP contribution in [0.2, 0.25) is 5.02 Å². The van der Waals surface area contributed by atoms with Gasteiger partial charge in [-0.05, 0) is 38.6 Å². The molecule has 0 spiro atoms. The molecule has 13 heteroatoms. The molecule has 1 saturated heterocycles. The van der Waals surface area contributed by atoms with Crippen LogP contribution in [0.25, 0.3) is 0 Å². The minimum absolute atomic E-state index is 0.0184. The third-order valence-corrected chi connectivity index (χ3v) is 8.14. The second-order valence-electron chi connectivity index (χ2n) is 9.53. The Labute approximate surface area is 226 Å². The van der Waals surface area contributed by atoms with Crippen LogP contribution in [0.5, 0.6) is 5.75 Å². The third-order valence-electron chi connectivity index (χ3n) is 6.32. The normalized spacial score (nSPS) is 14.8. The molecule has 0 saturated carbocycles. The SMILES string of the molecule is COc1cc(CN2CCN(C)CC2)c([N+](=O)[O-])cc1Nc1ncc(Cl)c(Nc2ccccc2P(C)(C)=O)n1. The summed E-state index contributed by atoms with van der Waals surface area (Å²) >= 11 is 6.36. The zero-order valence-corrected chi connectivity index (χ0v) is 23.4. The lowest BCUT2D eigenvalue weighted by molar-refractivity contribution is -0.385. The zero-order chi connectivity index (χ0) is 27.4. The lowest BCUT2D eigenvalue weighted by Crippen LogP contribution is -2.43. The average molecular weight is 560 g/mol. The Morgan fingerprint density at radius 1 is 1.13 bits per heavy atom. The van der Waals surface area contributed by atoms with E-state index in [-0.39, 0.29) is 16.7 Å². The van der Waals surface area contributed by atoms with E-state index in [4.69, 9.17) is 16.3 Å². The number of nitrogens with one attached hydrogen (secondary N) is 2. The molecule has 1 aliphatic heterocycles. The Balaban J connectivity index is 1.62. The number of ether oxygens (including phenoxy) is 1. The number of nitro groups is 1. The summed E-state index contributed by atoms with van der Waals surface area (Å²) in [5.74, 6) is 0.881. The van der Waals surface area contributed by atoms with Crippen molar-refractivity contribution >= 4 is 52.9 Å². The van der Waals surface area contributed by atoms with E-state index < -0.39 is 12.1 Å². The first-order valence-electron chi connectivity index (χ1n) is 12.0. The molecule has 2 aromatic carbocycles. The number of hydrogen-bond acceptors (Lipinski definition) is 10. The molecule has 0 atom stereocenters. The van der Waals surface area contributed by atoms with Crippen molar-refractivity contribution in [1.29, 1.82) is 0 Å². The van der Waals surface area contributed by atoms with Crippen LogP contribution in [0.3, 0.4) is 0 Å². The van der Waals surface area contributed by atoms with Gasteiger partial charge in [0.15, 0.2) is 5.82 Å². The number of rotatable bonds is 9. The molecule has 3 aromatic rings. The van der Waals surface area contributed by atoms with Crippen LogP contribution >= 0.6 is 18.7 Å². The van der Waals surface area contributed by atoms with Gasteiger partial charge in [0, 0.05) is 49.7 Å². The number of likely N-dealkylation sites (N-methyl/N-ethyl adjacent to an activating group) is 1. The van der Waals surface area contributed by atoms with E-state index in [0.717, 1.165) is 26.2 Å².